The normalized spacial score (nSPS) is 11.0. The molecule has 0 aromatic heterocycles. The van der Waals surface area contributed by atoms with Gasteiger partial charge in [-0.2, -0.15) is 0 Å². The standard InChI is InChI=1S/C18H20O4.C17H19BrO2.C17H19N3O2.C17H18O4.2C17H20O3.N3.Na/c1-18(12-11-17(21)22-2,13-3-7-15(19)8-4-13)14-5-9-16(20)10-6-14;1-17(11-2-12-18,13-3-7-15(19)8-4-13)14-5-9-16(20)10-6-14;1-17(11-2-12-19-20-18,13-3-7-15(21)8-4-13)14-5-9-16(22)10-6-14;1-17(11-10-16(20)21,12-2-6-14(18)7-3-12)13-4-8-15(19)9-5-13;2*1-17(11-2-12-18,13-3-7-15(19)8-4-13)14-5-9-16(20)10-6-14;1-3-2;/h3-10,19-20H,11-12H2,1-2H3;3-10,19-20H,2,11-12H2,1H3;3-10,21-22H,2,11-12H2,1H3;2-9,18-19H,10-11H2,1H3,(H,20,21);2*3-10,18-20H,2,11-12H2,1H3;;/q;;;;;;-1;+1. The number of nitrogens with zero attached hydrogens (tertiary/aromatic N) is 6. The third-order valence-corrected chi connectivity index (χ3v) is 24.0. The Bertz CT molecular complexity index is 4880. The van der Waals surface area contributed by atoms with Crippen molar-refractivity contribution in [2.24, 2.45) is 5.11 Å². The van der Waals surface area contributed by atoms with Gasteiger partial charge in [0.1, 0.15) is 69.0 Å². The van der Waals surface area contributed by atoms with E-state index in [0.29, 0.717) is 32.2 Å². The molecule has 674 valence electrons. The molecule has 15 N–H and O–H groups in total. The maximum absolute atomic E-state index is 11.5. The summed E-state index contributed by atoms with van der Waals surface area (Å²) in [6, 6.07) is 85.1. The number of halogens is 1. The monoisotopic (exact) mass is 1830 g/mol. The Morgan fingerprint density at radius 3 is 0.597 bits per heavy atom. The number of carboxylic acids is 1. The average molecular weight is 1830 g/mol. The number of aromatic hydroxyl groups is 12. The summed E-state index contributed by atoms with van der Waals surface area (Å²) in [5, 5.41) is 145. The number of aliphatic carboxylic acids is 1. The second-order valence-electron chi connectivity index (χ2n) is 32.1. The van der Waals surface area contributed by atoms with E-state index in [-0.39, 0.29) is 152 Å². The molecule has 24 nitrogen and oxygen atoms in total. The van der Waals surface area contributed by atoms with E-state index in [1.54, 1.807) is 170 Å². The van der Waals surface area contributed by atoms with E-state index >= 15 is 0 Å². The van der Waals surface area contributed by atoms with Crippen LogP contribution in [0.25, 0.3) is 26.4 Å². The van der Waals surface area contributed by atoms with Gasteiger partial charge in [0.2, 0.25) is 0 Å². The quantitative estimate of drug-likeness (QED) is 0.00365. The molecule has 12 rings (SSSR count). The molecule has 0 radical (unpaired) electrons. The molecule has 0 heterocycles. The largest absolute Gasteiger partial charge is 1.00 e. The number of carbonyl (C=O) groups is 2. The number of carboxylic acid groups (broad SMARTS) is 1. The van der Waals surface area contributed by atoms with E-state index in [1.807, 2.05) is 135 Å². The summed E-state index contributed by atoms with van der Waals surface area (Å²) in [4.78, 5) is 26.7. The maximum Gasteiger partial charge on any atom is 1.00 e. The van der Waals surface area contributed by atoms with Crippen LogP contribution >= 0.6 is 15.9 Å². The van der Waals surface area contributed by atoms with Crippen LogP contribution in [0.4, 0.5) is 0 Å². The van der Waals surface area contributed by atoms with Gasteiger partial charge in [0.15, 0.2) is 0 Å². The molecule has 26 heteroatoms. The van der Waals surface area contributed by atoms with Gasteiger partial charge in [-0.25, -0.2) is 0 Å². The number of hydrogen-bond donors (Lipinski definition) is 15. The third kappa shape index (κ3) is 31.9. The van der Waals surface area contributed by atoms with Crippen LogP contribution in [0.1, 0.15) is 185 Å². The second-order valence-corrected chi connectivity index (χ2v) is 32.9. The van der Waals surface area contributed by atoms with Crippen molar-refractivity contribution in [1.82, 2.24) is 0 Å². The smallest absolute Gasteiger partial charge is 0.508 e. The number of benzene rings is 12. The van der Waals surface area contributed by atoms with Crippen LogP contribution in [-0.4, -0.2) is 121 Å². The van der Waals surface area contributed by atoms with Gasteiger partial charge in [0, 0.05) is 75.3 Å². The second kappa shape index (κ2) is 52.5. The van der Waals surface area contributed by atoms with Crippen molar-refractivity contribution in [3.8, 4) is 69.0 Å². The summed E-state index contributed by atoms with van der Waals surface area (Å²) in [6.07, 6.45) is 7.88. The third-order valence-electron chi connectivity index (χ3n) is 23.4. The predicted molar refractivity (Wildman–Crippen MR) is 503 cm³/mol. The van der Waals surface area contributed by atoms with E-state index in [1.165, 1.54) is 23.1 Å². The maximum atomic E-state index is 11.5. The number of azide groups is 1. The molecule has 0 amide bonds. The van der Waals surface area contributed by atoms with Crippen molar-refractivity contribution in [3.63, 3.8) is 0 Å². The van der Waals surface area contributed by atoms with Crippen LogP contribution in [0.15, 0.2) is 296 Å². The summed E-state index contributed by atoms with van der Waals surface area (Å²) >= 11 is 3.49. The Balaban J connectivity index is 0.000000272. The van der Waals surface area contributed by atoms with Gasteiger partial charge in [0.25, 0.3) is 0 Å². The number of methoxy groups -OCH3 is 1. The molecule has 0 aliphatic carbocycles. The van der Waals surface area contributed by atoms with Crippen LogP contribution in [0.5, 0.6) is 69.0 Å². The van der Waals surface area contributed by atoms with Gasteiger partial charge in [-0.15, -0.1) is 0 Å². The molecule has 0 unspecified atom stereocenters. The van der Waals surface area contributed by atoms with Crippen molar-refractivity contribution in [2.75, 3.05) is 32.2 Å². The molecular weight excluding hydrogens is 1710 g/mol. The number of alkyl halides is 1. The molecule has 0 aliphatic heterocycles. The minimum Gasteiger partial charge on any atom is -0.508 e. The van der Waals surface area contributed by atoms with E-state index in [9.17, 15) is 70.9 Å². The topological polar surface area (TPSA) is 454 Å². The molecule has 0 aliphatic rings. The number of phenolic OH excluding ortho intramolecular Hbond substituents is 12. The first-order chi connectivity index (χ1) is 61.0. The number of carbonyl (C=O) groups excluding carboxylic acids is 1. The van der Waals surface area contributed by atoms with E-state index in [2.05, 4.69) is 53.7 Å². The number of esters is 1. The van der Waals surface area contributed by atoms with Gasteiger partial charge in [-0.1, -0.05) is 208 Å². The number of phenols is 12. The minimum atomic E-state index is -0.848. The number of hydrogen-bond acceptors (Lipinski definition) is 18. The van der Waals surface area contributed by atoms with Crippen molar-refractivity contribution >= 4 is 27.9 Å². The minimum absolute atomic E-state index is 0. The Labute approximate surface area is 784 Å². The van der Waals surface area contributed by atoms with Crippen molar-refractivity contribution in [2.45, 2.75) is 151 Å². The Morgan fingerprint density at radius 2 is 0.450 bits per heavy atom. The SMILES string of the molecule is CC(CCC(=O)O)(c1ccc(O)cc1)c1ccc(O)cc1.CC(CCCBr)(c1ccc(O)cc1)c1ccc(O)cc1.CC(CCCN=[N+]=[N-])(c1ccc(O)cc1)c1ccc(O)cc1.CC(CCCO)(c1ccc(O)cc1)c1ccc(O)cc1.CC(CCCO)(c1ccc(O)cc1)c1ccc(O)cc1.COC(=O)CCC(C)(c1ccc(O)cc1)c1ccc(O)cc1.[N-]=[N+]=[N-].[Na+]. The van der Waals surface area contributed by atoms with E-state index < -0.39 is 16.8 Å². The van der Waals surface area contributed by atoms with Gasteiger partial charge in [-0.3, -0.25) is 14.5 Å². The number of rotatable bonds is 31. The Hall–Kier alpha value is -12.8. The summed E-state index contributed by atoms with van der Waals surface area (Å²) in [7, 11) is 1.38. The first-order valence-corrected chi connectivity index (χ1v) is 42.7. The summed E-state index contributed by atoms with van der Waals surface area (Å²) in [5.74, 6) is 1.61. The van der Waals surface area contributed by atoms with Crippen LogP contribution in [0.3, 0.4) is 0 Å². The molecule has 0 atom stereocenters. The Kier molecular flexibility index (Phi) is 43.4. The summed E-state index contributed by atoms with van der Waals surface area (Å²) in [5.41, 5.74) is 32.6. The van der Waals surface area contributed by atoms with E-state index in [0.717, 1.165) is 99.5 Å². The van der Waals surface area contributed by atoms with Crippen LogP contribution in [0, 0.1) is 0 Å². The molecular formula is C103H116BrN6NaO18. The molecule has 12 aromatic rings. The predicted octanol–water partition coefficient (Wildman–Crippen LogP) is 19.9. The summed E-state index contributed by atoms with van der Waals surface area (Å²) < 4.78 is 4.74. The number of aliphatic hydroxyl groups is 2. The fourth-order valence-electron chi connectivity index (χ4n) is 15.3. The molecule has 129 heavy (non-hydrogen) atoms. The van der Waals surface area contributed by atoms with Crippen molar-refractivity contribution < 1.29 is 120 Å². The number of ether oxygens (including phenoxy) is 1. The van der Waals surface area contributed by atoms with Crippen molar-refractivity contribution in [3.05, 3.63) is 384 Å². The van der Waals surface area contributed by atoms with Crippen LogP contribution in [-0.2, 0) is 46.8 Å². The zero-order valence-corrected chi connectivity index (χ0v) is 77.6. The molecule has 0 bridgehead atoms. The number of aliphatic hydroxyl groups excluding tert-OH is 2. The Morgan fingerprint density at radius 1 is 0.295 bits per heavy atom. The molecule has 0 spiro atoms. The molecule has 0 fully saturated rings. The van der Waals surface area contributed by atoms with Crippen LogP contribution < -0.4 is 29.6 Å². The average Bonchev–Trinajstić information content (AvgIpc) is 0.813. The fourth-order valence-corrected chi connectivity index (χ4v) is 15.6. The molecule has 12 aromatic carbocycles. The molecule has 0 saturated heterocycles. The first kappa shape index (κ1) is 107. The zero-order valence-electron chi connectivity index (χ0n) is 74.0. The fraction of sp³-hybridized carbons (Fsp3) is 0.282. The van der Waals surface area contributed by atoms with Gasteiger partial charge in [0.05, 0.1) is 7.11 Å². The molecule has 0 saturated carbocycles. The summed E-state index contributed by atoms with van der Waals surface area (Å²) in [6.45, 7) is 13.3. The van der Waals surface area contributed by atoms with Gasteiger partial charge >= 0.3 is 41.5 Å². The first-order valence-electron chi connectivity index (χ1n) is 41.6. The van der Waals surface area contributed by atoms with Gasteiger partial charge < -0.3 is 92.4 Å². The van der Waals surface area contributed by atoms with Crippen LogP contribution in [0.2, 0.25) is 0 Å². The van der Waals surface area contributed by atoms with E-state index in [4.69, 9.17) is 36.6 Å². The van der Waals surface area contributed by atoms with Crippen molar-refractivity contribution in [1.29, 1.82) is 0 Å². The zero-order chi connectivity index (χ0) is 94.1. The van der Waals surface area contributed by atoms with Gasteiger partial charge in [-0.05, 0) is 282 Å².